The lowest BCUT2D eigenvalue weighted by Gasteiger charge is -2.15. The number of benzene rings is 2. The van der Waals surface area contributed by atoms with Gasteiger partial charge >= 0.3 is 0 Å². The number of fused-ring (bicyclic) bond motifs is 1. The summed E-state index contributed by atoms with van der Waals surface area (Å²) in [7, 11) is 0. The number of hydrogen-bond donors (Lipinski definition) is 1. The predicted molar refractivity (Wildman–Crippen MR) is 107 cm³/mol. The average molecular weight is 363 g/mol. The van der Waals surface area contributed by atoms with Crippen LogP contribution in [-0.2, 0) is 11.2 Å². The zero-order valence-corrected chi connectivity index (χ0v) is 15.7. The Morgan fingerprint density at radius 1 is 1.15 bits per heavy atom. The topological polar surface area (TPSA) is 46.9 Å². The largest absolute Gasteiger partial charge is 0.310 e. The van der Waals surface area contributed by atoms with Crippen molar-refractivity contribution in [2.24, 2.45) is 0 Å². The Bertz CT molecular complexity index is 932. The highest BCUT2D eigenvalue weighted by Gasteiger charge is 2.30. The second kappa shape index (κ2) is 7.00. The monoisotopic (exact) mass is 363 g/mol. The van der Waals surface area contributed by atoms with E-state index in [1.54, 1.807) is 11.8 Å². The van der Waals surface area contributed by atoms with Gasteiger partial charge < -0.3 is 5.32 Å². The number of amides is 1. The van der Waals surface area contributed by atoms with Crippen molar-refractivity contribution in [3.05, 3.63) is 77.0 Å². The average Bonchev–Trinajstić information content (AvgIpc) is 2.88. The summed E-state index contributed by atoms with van der Waals surface area (Å²) in [5.74, 6) is 1.24. The van der Waals surface area contributed by atoms with Crippen molar-refractivity contribution >= 4 is 23.5 Å². The highest BCUT2D eigenvalue weighted by molar-refractivity contribution is 8.00. The molecule has 3 aromatic rings. The van der Waals surface area contributed by atoms with E-state index in [-0.39, 0.29) is 11.2 Å². The SMILES string of the molecule is CCc1ccc(-n2nc(C)c3c2NC(=O)CS[C@H]3c2ccccc2)cc1. The molecule has 26 heavy (non-hydrogen) atoms. The number of nitrogens with one attached hydrogen (secondary N) is 1. The van der Waals surface area contributed by atoms with Gasteiger partial charge in [0.1, 0.15) is 5.82 Å². The molecule has 132 valence electrons. The highest BCUT2D eigenvalue weighted by atomic mass is 32.2. The Morgan fingerprint density at radius 2 is 1.88 bits per heavy atom. The minimum absolute atomic E-state index is 0.0148. The number of carbonyl (C=O) groups is 1. The molecule has 1 amide bonds. The molecule has 1 aliphatic rings. The Hall–Kier alpha value is -2.53. The lowest BCUT2D eigenvalue weighted by Crippen LogP contribution is -2.15. The van der Waals surface area contributed by atoms with E-state index in [2.05, 4.69) is 48.6 Å². The third-order valence-corrected chi connectivity index (χ3v) is 5.97. The number of anilines is 1. The summed E-state index contributed by atoms with van der Waals surface area (Å²) in [4.78, 5) is 12.3. The van der Waals surface area contributed by atoms with Crippen LogP contribution in [0.25, 0.3) is 5.69 Å². The maximum Gasteiger partial charge on any atom is 0.235 e. The van der Waals surface area contributed by atoms with E-state index >= 15 is 0 Å². The van der Waals surface area contributed by atoms with Crippen LogP contribution in [0.2, 0.25) is 0 Å². The molecule has 0 unspecified atom stereocenters. The second-order valence-electron chi connectivity index (χ2n) is 6.43. The summed E-state index contributed by atoms with van der Waals surface area (Å²) in [6.07, 6.45) is 1.000. The van der Waals surface area contributed by atoms with Gasteiger partial charge in [0.05, 0.1) is 22.4 Å². The lowest BCUT2D eigenvalue weighted by molar-refractivity contribution is -0.113. The molecule has 2 heterocycles. The standard InChI is InChI=1S/C21H21N3OS/c1-3-15-9-11-17(12-10-15)24-21-19(14(2)23-24)20(26-13-18(25)22-21)16-7-5-4-6-8-16/h4-12,20H,3,13H2,1-2H3,(H,22,25)/t20-/m0/s1. The van der Waals surface area contributed by atoms with Gasteiger partial charge in [0.15, 0.2) is 0 Å². The molecule has 1 atom stereocenters. The molecule has 0 fully saturated rings. The van der Waals surface area contributed by atoms with Gasteiger partial charge in [0, 0.05) is 5.56 Å². The fourth-order valence-corrected chi connectivity index (χ4v) is 4.52. The molecule has 0 saturated heterocycles. The zero-order chi connectivity index (χ0) is 18.1. The molecule has 0 saturated carbocycles. The van der Waals surface area contributed by atoms with Crippen molar-refractivity contribution in [2.75, 3.05) is 11.1 Å². The minimum Gasteiger partial charge on any atom is -0.310 e. The van der Waals surface area contributed by atoms with E-state index in [4.69, 9.17) is 5.10 Å². The number of hydrogen-bond acceptors (Lipinski definition) is 3. The third-order valence-electron chi connectivity index (χ3n) is 4.70. The molecule has 0 bridgehead atoms. The van der Waals surface area contributed by atoms with Crippen molar-refractivity contribution < 1.29 is 4.79 Å². The van der Waals surface area contributed by atoms with Crippen molar-refractivity contribution in [2.45, 2.75) is 25.5 Å². The van der Waals surface area contributed by atoms with Crippen LogP contribution in [0.1, 0.15) is 34.6 Å². The first-order valence-electron chi connectivity index (χ1n) is 8.82. The van der Waals surface area contributed by atoms with E-state index in [1.807, 2.05) is 29.8 Å². The quantitative estimate of drug-likeness (QED) is 0.744. The summed E-state index contributed by atoms with van der Waals surface area (Å²) >= 11 is 1.65. The third kappa shape index (κ3) is 3.03. The molecular formula is C21H21N3OS. The summed E-state index contributed by atoms with van der Waals surface area (Å²) in [5.41, 5.74) is 5.48. The van der Waals surface area contributed by atoms with Crippen LogP contribution < -0.4 is 5.32 Å². The Kier molecular flexibility index (Phi) is 4.55. The van der Waals surface area contributed by atoms with Gasteiger partial charge in [-0.25, -0.2) is 4.68 Å². The van der Waals surface area contributed by atoms with Crippen LogP contribution in [0.15, 0.2) is 54.6 Å². The fraction of sp³-hybridized carbons (Fsp3) is 0.238. The van der Waals surface area contributed by atoms with E-state index in [1.165, 1.54) is 11.1 Å². The van der Waals surface area contributed by atoms with Crippen molar-refractivity contribution in [1.82, 2.24) is 9.78 Å². The lowest BCUT2D eigenvalue weighted by atomic mass is 10.0. The molecular weight excluding hydrogens is 342 g/mol. The molecule has 1 N–H and O–H groups in total. The Balaban J connectivity index is 1.85. The number of thioether (sulfide) groups is 1. The summed E-state index contributed by atoms with van der Waals surface area (Å²) < 4.78 is 1.86. The number of aryl methyl sites for hydroxylation is 2. The van der Waals surface area contributed by atoms with Gasteiger partial charge in [-0.15, -0.1) is 11.8 Å². The number of nitrogens with zero attached hydrogens (tertiary/aromatic N) is 2. The maximum atomic E-state index is 12.3. The predicted octanol–water partition coefficient (Wildman–Crippen LogP) is 4.52. The maximum absolute atomic E-state index is 12.3. The molecule has 5 heteroatoms. The number of rotatable bonds is 3. The van der Waals surface area contributed by atoms with Gasteiger partial charge in [-0.2, -0.15) is 5.10 Å². The molecule has 2 aromatic carbocycles. The number of aromatic nitrogens is 2. The van der Waals surface area contributed by atoms with Crippen molar-refractivity contribution in [1.29, 1.82) is 0 Å². The van der Waals surface area contributed by atoms with E-state index in [0.29, 0.717) is 5.75 Å². The molecule has 1 aromatic heterocycles. The Morgan fingerprint density at radius 3 is 2.58 bits per heavy atom. The normalized spacial score (nSPS) is 16.7. The molecule has 4 rings (SSSR count). The van der Waals surface area contributed by atoms with Gasteiger partial charge in [-0.3, -0.25) is 4.79 Å². The molecule has 0 radical (unpaired) electrons. The van der Waals surface area contributed by atoms with Gasteiger partial charge in [0.25, 0.3) is 0 Å². The van der Waals surface area contributed by atoms with Crippen LogP contribution in [0.5, 0.6) is 0 Å². The number of carbonyl (C=O) groups excluding carboxylic acids is 1. The van der Waals surface area contributed by atoms with E-state index in [0.717, 1.165) is 29.2 Å². The summed E-state index contributed by atoms with van der Waals surface area (Å²) in [6.45, 7) is 4.16. The summed E-state index contributed by atoms with van der Waals surface area (Å²) in [5, 5.41) is 7.93. The summed E-state index contributed by atoms with van der Waals surface area (Å²) in [6, 6.07) is 18.7. The second-order valence-corrected chi connectivity index (χ2v) is 7.52. The van der Waals surface area contributed by atoms with Gasteiger partial charge in [-0.1, -0.05) is 49.4 Å². The van der Waals surface area contributed by atoms with Gasteiger partial charge in [-0.05, 0) is 36.6 Å². The van der Waals surface area contributed by atoms with E-state index < -0.39 is 0 Å². The smallest absolute Gasteiger partial charge is 0.235 e. The van der Waals surface area contributed by atoms with Crippen LogP contribution in [0.3, 0.4) is 0 Å². The zero-order valence-electron chi connectivity index (χ0n) is 14.9. The molecule has 1 aliphatic heterocycles. The van der Waals surface area contributed by atoms with Crippen LogP contribution in [-0.4, -0.2) is 21.4 Å². The first-order chi connectivity index (χ1) is 12.7. The fourth-order valence-electron chi connectivity index (χ4n) is 3.33. The van der Waals surface area contributed by atoms with Crippen LogP contribution in [0, 0.1) is 6.92 Å². The van der Waals surface area contributed by atoms with E-state index in [9.17, 15) is 4.79 Å². The minimum atomic E-state index is 0.0148. The highest BCUT2D eigenvalue weighted by Crippen LogP contribution is 2.43. The van der Waals surface area contributed by atoms with Crippen LogP contribution >= 0.6 is 11.8 Å². The molecule has 0 aliphatic carbocycles. The molecule has 4 nitrogen and oxygen atoms in total. The Labute approximate surface area is 157 Å². The van der Waals surface area contributed by atoms with Crippen molar-refractivity contribution in [3.63, 3.8) is 0 Å². The first-order valence-corrected chi connectivity index (χ1v) is 9.87. The van der Waals surface area contributed by atoms with Crippen LogP contribution in [0.4, 0.5) is 5.82 Å². The molecule has 0 spiro atoms. The first kappa shape index (κ1) is 16.9. The van der Waals surface area contributed by atoms with Crippen molar-refractivity contribution in [3.8, 4) is 5.69 Å². The van der Waals surface area contributed by atoms with Gasteiger partial charge in [0.2, 0.25) is 5.91 Å².